The lowest BCUT2D eigenvalue weighted by atomic mass is 10.1. The first-order chi connectivity index (χ1) is 6.06. The summed E-state index contributed by atoms with van der Waals surface area (Å²) in [5.74, 6) is 0.416. The summed E-state index contributed by atoms with van der Waals surface area (Å²) in [5, 5.41) is 9.62. The van der Waals surface area contributed by atoms with E-state index in [4.69, 9.17) is 16.2 Å². The minimum absolute atomic E-state index is 0.0618. The van der Waals surface area contributed by atoms with Gasteiger partial charge in [0.25, 0.3) is 0 Å². The standard InChI is InChI=1S/C9H14N2O2/c1-5(10)7-3-6(11)4-8(13-2)9(7)12/h3-5,12H,10-11H2,1-2H3. The topological polar surface area (TPSA) is 81.5 Å². The number of benzene rings is 1. The van der Waals surface area contributed by atoms with Crippen molar-refractivity contribution in [2.75, 3.05) is 12.8 Å². The molecule has 1 rings (SSSR count). The van der Waals surface area contributed by atoms with Crippen LogP contribution in [0, 0.1) is 0 Å². The quantitative estimate of drug-likeness (QED) is 0.471. The Hall–Kier alpha value is -1.42. The van der Waals surface area contributed by atoms with Crippen molar-refractivity contribution in [2.24, 2.45) is 5.73 Å². The average molecular weight is 182 g/mol. The summed E-state index contributed by atoms with van der Waals surface area (Å²) in [5.41, 5.74) is 12.4. The largest absolute Gasteiger partial charge is 0.504 e. The number of methoxy groups -OCH3 is 1. The fraction of sp³-hybridized carbons (Fsp3) is 0.333. The monoisotopic (exact) mass is 182 g/mol. The van der Waals surface area contributed by atoms with Gasteiger partial charge >= 0.3 is 0 Å². The van der Waals surface area contributed by atoms with Crippen molar-refractivity contribution in [1.82, 2.24) is 0 Å². The van der Waals surface area contributed by atoms with E-state index in [1.165, 1.54) is 7.11 Å². The van der Waals surface area contributed by atoms with E-state index in [2.05, 4.69) is 0 Å². The van der Waals surface area contributed by atoms with Crippen LogP contribution in [-0.4, -0.2) is 12.2 Å². The number of phenolic OH excluding ortho intramolecular Hbond substituents is 1. The van der Waals surface area contributed by atoms with Gasteiger partial charge in [-0.2, -0.15) is 0 Å². The first-order valence-electron chi connectivity index (χ1n) is 3.98. The van der Waals surface area contributed by atoms with Crippen LogP contribution in [0.2, 0.25) is 0 Å². The lowest BCUT2D eigenvalue weighted by Crippen LogP contribution is -2.06. The number of ether oxygens (including phenoxy) is 1. The van der Waals surface area contributed by atoms with Crippen molar-refractivity contribution in [3.05, 3.63) is 17.7 Å². The zero-order chi connectivity index (χ0) is 10.0. The van der Waals surface area contributed by atoms with E-state index in [0.717, 1.165) is 0 Å². The highest BCUT2D eigenvalue weighted by Crippen LogP contribution is 2.35. The second kappa shape index (κ2) is 3.53. The van der Waals surface area contributed by atoms with Crippen LogP contribution in [0.25, 0.3) is 0 Å². The van der Waals surface area contributed by atoms with Crippen LogP contribution in [0.1, 0.15) is 18.5 Å². The van der Waals surface area contributed by atoms with E-state index in [-0.39, 0.29) is 11.8 Å². The Labute approximate surface area is 77.1 Å². The van der Waals surface area contributed by atoms with Crippen molar-refractivity contribution < 1.29 is 9.84 Å². The van der Waals surface area contributed by atoms with Gasteiger partial charge < -0.3 is 21.3 Å². The number of nitrogens with two attached hydrogens (primary N) is 2. The van der Waals surface area contributed by atoms with Crippen molar-refractivity contribution in [1.29, 1.82) is 0 Å². The molecule has 5 N–H and O–H groups in total. The number of aromatic hydroxyl groups is 1. The van der Waals surface area contributed by atoms with Gasteiger partial charge in [-0.15, -0.1) is 0 Å². The fourth-order valence-electron chi connectivity index (χ4n) is 1.15. The van der Waals surface area contributed by atoms with Gasteiger partial charge in [0.2, 0.25) is 0 Å². The van der Waals surface area contributed by atoms with Gasteiger partial charge in [-0.25, -0.2) is 0 Å². The molecule has 13 heavy (non-hydrogen) atoms. The van der Waals surface area contributed by atoms with Gasteiger partial charge in [-0.3, -0.25) is 0 Å². The van der Waals surface area contributed by atoms with E-state index >= 15 is 0 Å². The third-order valence-electron chi connectivity index (χ3n) is 1.84. The third-order valence-corrected chi connectivity index (χ3v) is 1.84. The molecule has 1 aromatic carbocycles. The van der Waals surface area contributed by atoms with Crippen LogP contribution >= 0.6 is 0 Å². The van der Waals surface area contributed by atoms with Gasteiger partial charge in [0, 0.05) is 23.4 Å². The summed E-state index contributed by atoms with van der Waals surface area (Å²) in [4.78, 5) is 0. The summed E-state index contributed by atoms with van der Waals surface area (Å²) in [6.45, 7) is 1.77. The van der Waals surface area contributed by atoms with Gasteiger partial charge in [0.05, 0.1) is 7.11 Å². The molecule has 0 saturated carbocycles. The molecule has 0 fully saturated rings. The summed E-state index contributed by atoms with van der Waals surface area (Å²) in [6, 6.07) is 2.93. The predicted octanol–water partition coefficient (Wildman–Crippen LogP) is 1.00. The van der Waals surface area contributed by atoms with E-state index in [1.807, 2.05) is 0 Å². The lowest BCUT2D eigenvalue weighted by molar-refractivity contribution is 0.369. The summed E-state index contributed by atoms with van der Waals surface area (Å²) in [7, 11) is 1.47. The average Bonchev–Trinajstić information content (AvgIpc) is 2.08. The molecule has 72 valence electrons. The van der Waals surface area contributed by atoms with Gasteiger partial charge in [0.15, 0.2) is 11.5 Å². The SMILES string of the molecule is COc1cc(N)cc(C(C)N)c1O. The van der Waals surface area contributed by atoms with Crippen LogP contribution in [0.5, 0.6) is 11.5 Å². The molecule has 0 bridgehead atoms. The molecule has 1 atom stereocenters. The number of hydrogen-bond acceptors (Lipinski definition) is 4. The molecule has 1 aromatic rings. The molecule has 0 aliphatic rings. The number of phenols is 1. The van der Waals surface area contributed by atoms with E-state index in [0.29, 0.717) is 17.0 Å². The van der Waals surface area contributed by atoms with Crippen LogP contribution < -0.4 is 16.2 Å². The minimum atomic E-state index is -0.266. The molecular weight excluding hydrogens is 168 g/mol. The zero-order valence-corrected chi connectivity index (χ0v) is 7.74. The summed E-state index contributed by atoms with van der Waals surface area (Å²) < 4.78 is 4.93. The Morgan fingerprint density at radius 1 is 1.46 bits per heavy atom. The first-order valence-corrected chi connectivity index (χ1v) is 3.98. The van der Waals surface area contributed by atoms with Crippen molar-refractivity contribution in [3.8, 4) is 11.5 Å². The maximum absolute atomic E-state index is 9.62. The highest BCUT2D eigenvalue weighted by atomic mass is 16.5. The molecule has 4 nitrogen and oxygen atoms in total. The zero-order valence-electron chi connectivity index (χ0n) is 7.74. The van der Waals surface area contributed by atoms with Crippen LogP contribution in [0.15, 0.2) is 12.1 Å². The van der Waals surface area contributed by atoms with Crippen LogP contribution in [0.3, 0.4) is 0 Å². The summed E-state index contributed by atoms with van der Waals surface area (Å²) in [6.07, 6.45) is 0. The van der Waals surface area contributed by atoms with Crippen LogP contribution in [0.4, 0.5) is 5.69 Å². The molecule has 0 aromatic heterocycles. The molecule has 0 radical (unpaired) electrons. The molecule has 0 aliphatic heterocycles. The van der Waals surface area contributed by atoms with E-state index in [1.54, 1.807) is 19.1 Å². The molecule has 0 amide bonds. The molecule has 0 saturated heterocycles. The maximum Gasteiger partial charge on any atom is 0.162 e. The third kappa shape index (κ3) is 1.84. The van der Waals surface area contributed by atoms with Crippen molar-refractivity contribution in [2.45, 2.75) is 13.0 Å². The number of nitrogen functional groups attached to an aromatic ring is 1. The molecule has 0 spiro atoms. The predicted molar refractivity (Wildman–Crippen MR) is 51.7 cm³/mol. The van der Waals surface area contributed by atoms with Crippen LogP contribution in [-0.2, 0) is 0 Å². The van der Waals surface area contributed by atoms with Gasteiger partial charge in [-0.05, 0) is 13.0 Å². The first kappa shape index (κ1) is 9.67. The minimum Gasteiger partial charge on any atom is -0.504 e. The molecular formula is C9H14N2O2. The Morgan fingerprint density at radius 3 is 2.54 bits per heavy atom. The highest BCUT2D eigenvalue weighted by Gasteiger charge is 2.12. The molecule has 1 unspecified atom stereocenters. The van der Waals surface area contributed by atoms with Crippen molar-refractivity contribution in [3.63, 3.8) is 0 Å². The highest BCUT2D eigenvalue weighted by molar-refractivity contribution is 5.57. The second-order valence-corrected chi connectivity index (χ2v) is 2.95. The van der Waals surface area contributed by atoms with Crippen molar-refractivity contribution >= 4 is 5.69 Å². The van der Waals surface area contributed by atoms with Gasteiger partial charge in [-0.1, -0.05) is 0 Å². The normalized spacial score (nSPS) is 12.5. The number of hydrogen-bond donors (Lipinski definition) is 3. The Bertz CT molecular complexity index is 311. The maximum atomic E-state index is 9.62. The Balaban J connectivity index is 3.27. The van der Waals surface area contributed by atoms with Gasteiger partial charge in [0.1, 0.15) is 0 Å². The lowest BCUT2D eigenvalue weighted by Gasteiger charge is -2.12. The summed E-state index contributed by atoms with van der Waals surface area (Å²) >= 11 is 0. The Morgan fingerprint density at radius 2 is 2.08 bits per heavy atom. The van der Waals surface area contributed by atoms with E-state index < -0.39 is 0 Å². The fourth-order valence-corrected chi connectivity index (χ4v) is 1.15. The van der Waals surface area contributed by atoms with E-state index in [9.17, 15) is 5.11 Å². The number of anilines is 1. The Kier molecular flexibility index (Phi) is 2.63. The number of rotatable bonds is 2. The molecule has 4 heteroatoms. The molecule has 0 aliphatic carbocycles. The smallest absolute Gasteiger partial charge is 0.162 e. The molecule has 0 heterocycles. The second-order valence-electron chi connectivity index (χ2n) is 2.95.